The van der Waals surface area contributed by atoms with Crippen molar-refractivity contribution >= 4 is 0 Å². The van der Waals surface area contributed by atoms with Gasteiger partial charge in [-0.25, -0.2) is 0 Å². The summed E-state index contributed by atoms with van der Waals surface area (Å²) >= 11 is 0. The summed E-state index contributed by atoms with van der Waals surface area (Å²) in [4.78, 5) is 0. The molecule has 1 nitrogen and oxygen atoms in total. The minimum atomic E-state index is 0.528. The average molecular weight is 237 g/mol. The molecule has 2 aliphatic rings. The van der Waals surface area contributed by atoms with Crippen LogP contribution in [0.1, 0.15) is 84.5 Å². The molecule has 2 saturated carbocycles. The van der Waals surface area contributed by atoms with Crippen LogP contribution in [0.4, 0.5) is 0 Å². The second kappa shape index (κ2) is 6.22. The van der Waals surface area contributed by atoms with Crippen molar-refractivity contribution in [3.05, 3.63) is 0 Å². The van der Waals surface area contributed by atoms with Gasteiger partial charge in [0.2, 0.25) is 0 Å². The molecule has 1 unspecified atom stereocenters. The maximum atomic E-state index is 4.02. The first-order valence-corrected chi connectivity index (χ1v) is 7.94. The Morgan fingerprint density at radius 3 is 2.00 bits per heavy atom. The summed E-state index contributed by atoms with van der Waals surface area (Å²) in [7, 11) is 0. The first kappa shape index (κ1) is 13.4. The van der Waals surface area contributed by atoms with Crippen molar-refractivity contribution in [2.45, 2.75) is 96.6 Å². The van der Waals surface area contributed by atoms with E-state index in [1.54, 1.807) is 0 Å². The molecule has 1 atom stereocenters. The summed E-state index contributed by atoms with van der Waals surface area (Å²) < 4.78 is 0. The van der Waals surface area contributed by atoms with E-state index in [0.717, 1.165) is 12.1 Å². The quantitative estimate of drug-likeness (QED) is 0.736. The molecular weight excluding hydrogens is 206 g/mol. The third-order valence-corrected chi connectivity index (χ3v) is 5.05. The molecule has 0 aromatic rings. The Kier molecular flexibility index (Phi) is 4.90. The highest BCUT2D eigenvalue weighted by molar-refractivity contribution is 4.90. The van der Waals surface area contributed by atoms with E-state index in [1.165, 1.54) is 70.6 Å². The molecule has 0 aromatic heterocycles. The van der Waals surface area contributed by atoms with Crippen LogP contribution in [0.2, 0.25) is 0 Å². The van der Waals surface area contributed by atoms with Crippen LogP contribution in [0, 0.1) is 5.41 Å². The molecule has 17 heavy (non-hydrogen) atoms. The van der Waals surface area contributed by atoms with Gasteiger partial charge in [-0.3, -0.25) is 0 Å². The minimum absolute atomic E-state index is 0.528. The van der Waals surface area contributed by atoms with Gasteiger partial charge in [-0.05, 0) is 31.1 Å². The molecule has 100 valence electrons. The van der Waals surface area contributed by atoms with Crippen LogP contribution in [0.15, 0.2) is 0 Å². The maximum absolute atomic E-state index is 4.02. The molecular formula is C16H31N. The van der Waals surface area contributed by atoms with Crippen molar-refractivity contribution in [2.75, 3.05) is 0 Å². The summed E-state index contributed by atoms with van der Waals surface area (Å²) in [6.45, 7) is 4.93. The average Bonchev–Trinajstić information content (AvgIpc) is 2.24. The highest BCUT2D eigenvalue weighted by atomic mass is 15.0. The van der Waals surface area contributed by atoms with E-state index in [2.05, 4.69) is 19.2 Å². The van der Waals surface area contributed by atoms with Gasteiger partial charge in [0.1, 0.15) is 0 Å². The molecule has 2 aliphatic carbocycles. The van der Waals surface area contributed by atoms with Gasteiger partial charge in [-0.15, -0.1) is 0 Å². The van der Waals surface area contributed by atoms with Crippen LogP contribution in [0.5, 0.6) is 0 Å². The van der Waals surface area contributed by atoms with Gasteiger partial charge in [0.15, 0.2) is 0 Å². The van der Waals surface area contributed by atoms with Crippen LogP contribution in [-0.4, -0.2) is 12.1 Å². The SMILES string of the molecule is CC1(C)CCCCC1NC1CCCCCCC1. The Balaban J connectivity index is 1.84. The largest absolute Gasteiger partial charge is 0.311 e. The van der Waals surface area contributed by atoms with Crippen molar-refractivity contribution in [3.63, 3.8) is 0 Å². The zero-order valence-corrected chi connectivity index (χ0v) is 11.9. The molecule has 0 spiro atoms. The maximum Gasteiger partial charge on any atom is 0.0121 e. The van der Waals surface area contributed by atoms with Crippen LogP contribution in [-0.2, 0) is 0 Å². The Labute approximate surface area is 108 Å². The summed E-state index contributed by atoms with van der Waals surface area (Å²) in [6.07, 6.45) is 15.8. The predicted octanol–water partition coefficient (Wildman–Crippen LogP) is 4.66. The molecule has 0 bridgehead atoms. The van der Waals surface area contributed by atoms with Crippen LogP contribution in [0.3, 0.4) is 0 Å². The third-order valence-electron chi connectivity index (χ3n) is 5.05. The Morgan fingerprint density at radius 2 is 1.35 bits per heavy atom. The van der Waals surface area contributed by atoms with Crippen molar-refractivity contribution in [3.8, 4) is 0 Å². The third kappa shape index (κ3) is 3.98. The second-order valence-electron chi connectivity index (χ2n) is 7.00. The van der Waals surface area contributed by atoms with Crippen molar-refractivity contribution in [1.29, 1.82) is 0 Å². The summed E-state index contributed by atoms with van der Waals surface area (Å²) in [5.41, 5.74) is 0.528. The first-order chi connectivity index (χ1) is 8.18. The van der Waals surface area contributed by atoms with Gasteiger partial charge in [0, 0.05) is 12.1 Å². The molecule has 1 heteroatoms. The van der Waals surface area contributed by atoms with E-state index in [9.17, 15) is 0 Å². The minimum Gasteiger partial charge on any atom is -0.311 e. The van der Waals surface area contributed by atoms with Gasteiger partial charge >= 0.3 is 0 Å². The predicted molar refractivity (Wildman–Crippen MR) is 75.3 cm³/mol. The van der Waals surface area contributed by atoms with Gasteiger partial charge in [0.05, 0.1) is 0 Å². The fraction of sp³-hybridized carbons (Fsp3) is 1.00. The standard InChI is InChI=1S/C16H31N/c1-16(2)13-9-8-12-15(16)17-14-10-6-4-3-5-7-11-14/h14-15,17H,3-13H2,1-2H3. The van der Waals surface area contributed by atoms with E-state index in [0.29, 0.717) is 5.41 Å². The zero-order chi connectivity index (χ0) is 12.1. The van der Waals surface area contributed by atoms with Crippen molar-refractivity contribution in [2.24, 2.45) is 5.41 Å². The van der Waals surface area contributed by atoms with E-state index >= 15 is 0 Å². The lowest BCUT2D eigenvalue weighted by molar-refractivity contribution is 0.148. The Bertz CT molecular complexity index is 214. The molecule has 1 N–H and O–H groups in total. The van der Waals surface area contributed by atoms with E-state index < -0.39 is 0 Å². The molecule has 2 rings (SSSR count). The number of nitrogens with one attached hydrogen (secondary N) is 1. The van der Waals surface area contributed by atoms with Gasteiger partial charge in [0.25, 0.3) is 0 Å². The molecule has 0 amide bonds. The lowest BCUT2D eigenvalue weighted by Gasteiger charge is -2.41. The Hall–Kier alpha value is -0.0400. The molecule has 0 aliphatic heterocycles. The number of hydrogen-bond acceptors (Lipinski definition) is 1. The van der Waals surface area contributed by atoms with Gasteiger partial charge < -0.3 is 5.32 Å². The summed E-state index contributed by atoms with van der Waals surface area (Å²) in [6, 6.07) is 1.60. The van der Waals surface area contributed by atoms with Crippen LogP contribution < -0.4 is 5.32 Å². The smallest absolute Gasteiger partial charge is 0.0121 e. The molecule has 0 radical (unpaired) electrons. The molecule has 2 fully saturated rings. The second-order valence-corrected chi connectivity index (χ2v) is 7.00. The van der Waals surface area contributed by atoms with E-state index in [4.69, 9.17) is 0 Å². The molecule has 0 saturated heterocycles. The van der Waals surface area contributed by atoms with Crippen molar-refractivity contribution in [1.82, 2.24) is 5.32 Å². The first-order valence-electron chi connectivity index (χ1n) is 7.94. The summed E-state index contributed by atoms with van der Waals surface area (Å²) in [5, 5.41) is 4.02. The highest BCUT2D eigenvalue weighted by Crippen LogP contribution is 2.36. The lowest BCUT2D eigenvalue weighted by atomic mass is 9.73. The van der Waals surface area contributed by atoms with Crippen molar-refractivity contribution < 1.29 is 0 Å². The molecule has 0 heterocycles. The number of hydrogen-bond donors (Lipinski definition) is 1. The monoisotopic (exact) mass is 237 g/mol. The topological polar surface area (TPSA) is 12.0 Å². The van der Waals surface area contributed by atoms with Crippen LogP contribution >= 0.6 is 0 Å². The fourth-order valence-electron chi connectivity index (χ4n) is 3.71. The molecule has 0 aromatic carbocycles. The summed E-state index contributed by atoms with van der Waals surface area (Å²) in [5.74, 6) is 0. The highest BCUT2D eigenvalue weighted by Gasteiger charge is 2.33. The lowest BCUT2D eigenvalue weighted by Crippen LogP contribution is -2.48. The van der Waals surface area contributed by atoms with E-state index in [1.807, 2.05) is 0 Å². The fourth-order valence-corrected chi connectivity index (χ4v) is 3.71. The van der Waals surface area contributed by atoms with Gasteiger partial charge in [-0.1, -0.05) is 58.8 Å². The number of rotatable bonds is 2. The normalized spacial score (nSPS) is 31.8. The Morgan fingerprint density at radius 1 is 0.765 bits per heavy atom. The van der Waals surface area contributed by atoms with Crippen LogP contribution in [0.25, 0.3) is 0 Å². The van der Waals surface area contributed by atoms with Gasteiger partial charge in [-0.2, -0.15) is 0 Å². The zero-order valence-electron chi connectivity index (χ0n) is 11.9. The van der Waals surface area contributed by atoms with E-state index in [-0.39, 0.29) is 0 Å².